The summed E-state index contributed by atoms with van der Waals surface area (Å²) in [5, 5.41) is 4.76. The van der Waals surface area contributed by atoms with E-state index in [4.69, 9.17) is 10.9 Å². The van der Waals surface area contributed by atoms with Crippen LogP contribution in [0.1, 0.15) is 19.4 Å². The van der Waals surface area contributed by atoms with Gasteiger partial charge in [0.1, 0.15) is 4.90 Å². The molecule has 1 rings (SSSR count). The Hall–Kier alpha value is -0.930. The molecule has 0 bridgehead atoms. The highest BCUT2D eigenvalue weighted by Gasteiger charge is 2.35. The fourth-order valence-electron chi connectivity index (χ4n) is 1.40. The minimum Gasteiger partial charge on any atom is -0.398 e. The van der Waals surface area contributed by atoms with E-state index < -0.39 is 32.3 Å². The van der Waals surface area contributed by atoms with Gasteiger partial charge in [0.05, 0.1) is 11.3 Å². The van der Waals surface area contributed by atoms with Crippen molar-refractivity contribution in [3.05, 3.63) is 17.7 Å². The van der Waals surface area contributed by atoms with Gasteiger partial charge in [-0.3, -0.25) is 0 Å². The van der Waals surface area contributed by atoms with Crippen molar-refractivity contribution < 1.29 is 21.6 Å². The summed E-state index contributed by atoms with van der Waals surface area (Å²) in [6.45, 7) is 3.38. The van der Waals surface area contributed by atoms with Crippen molar-refractivity contribution in [2.75, 3.05) is 5.73 Å². The molecule has 1 aromatic carbocycles. The van der Waals surface area contributed by atoms with Gasteiger partial charge in [0.2, 0.25) is 10.0 Å². The van der Waals surface area contributed by atoms with E-state index in [1.54, 1.807) is 13.8 Å². The first kappa shape index (κ1) is 16.1. The first-order valence-corrected chi connectivity index (χ1v) is 7.55. The molecule has 4 nitrogen and oxygen atoms in total. The third-order valence-electron chi connectivity index (χ3n) is 2.09. The molecule has 0 unspecified atom stereocenters. The summed E-state index contributed by atoms with van der Waals surface area (Å²) in [6.07, 6.45) is -4.61. The van der Waals surface area contributed by atoms with Gasteiger partial charge in [0.15, 0.2) is 0 Å². The second-order valence-corrected chi connectivity index (χ2v) is 7.24. The molecule has 4 N–H and O–H groups in total. The molecule has 9 heteroatoms. The number of anilines is 1. The molecule has 0 aliphatic carbocycles. The van der Waals surface area contributed by atoms with Crippen molar-refractivity contribution in [3.8, 4) is 0 Å². The second-order valence-electron chi connectivity index (χ2n) is 4.10. The number of hydrogen-bond acceptors (Lipinski definition) is 4. The van der Waals surface area contributed by atoms with Crippen LogP contribution in [0, 0.1) is 0 Å². The maximum atomic E-state index is 12.9. The maximum Gasteiger partial charge on any atom is 0.417 e. The first-order chi connectivity index (χ1) is 8.43. The monoisotopic (exact) mass is 314 g/mol. The molecule has 1 aromatic rings. The lowest BCUT2D eigenvalue weighted by atomic mass is 10.2. The normalized spacial score (nSPS) is 13.0. The van der Waals surface area contributed by atoms with Crippen molar-refractivity contribution in [1.82, 2.24) is 0 Å². The lowest BCUT2D eigenvalue weighted by Gasteiger charge is -2.16. The molecule has 19 heavy (non-hydrogen) atoms. The van der Waals surface area contributed by atoms with E-state index in [-0.39, 0.29) is 10.1 Å². The van der Waals surface area contributed by atoms with Crippen molar-refractivity contribution >= 4 is 27.5 Å². The lowest BCUT2D eigenvalue weighted by Crippen LogP contribution is -2.17. The van der Waals surface area contributed by atoms with Crippen LogP contribution in [0.25, 0.3) is 0 Å². The maximum absolute atomic E-state index is 12.9. The number of alkyl halides is 3. The summed E-state index contributed by atoms with van der Waals surface area (Å²) in [6, 6.07) is 1.47. The summed E-state index contributed by atoms with van der Waals surface area (Å²) in [5.74, 6) is 0. The van der Waals surface area contributed by atoms with Crippen LogP contribution in [0.15, 0.2) is 21.9 Å². The highest BCUT2D eigenvalue weighted by Crippen LogP contribution is 2.41. The fraction of sp³-hybridized carbons (Fsp3) is 0.400. The zero-order chi connectivity index (χ0) is 15.0. The van der Waals surface area contributed by atoms with Gasteiger partial charge in [-0.15, -0.1) is 11.8 Å². The van der Waals surface area contributed by atoms with Gasteiger partial charge < -0.3 is 5.73 Å². The van der Waals surface area contributed by atoms with E-state index in [9.17, 15) is 21.6 Å². The van der Waals surface area contributed by atoms with E-state index in [0.717, 1.165) is 17.8 Å². The number of sulfonamides is 1. The standard InChI is InChI=1S/C10H13F3N2O2S2/c1-5(2)18-8-4-9(19(15,16)17)7(14)3-6(8)10(11,12)13/h3-5H,14H2,1-2H3,(H2,15,16,17). The van der Waals surface area contributed by atoms with Crippen molar-refractivity contribution in [3.63, 3.8) is 0 Å². The number of rotatable bonds is 3. The molecule has 0 aromatic heterocycles. The number of nitrogen functional groups attached to an aromatic ring is 1. The Balaban J connectivity index is 3.55. The minimum atomic E-state index is -4.61. The molecule has 108 valence electrons. The molecule has 0 radical (unpaired) electrons. The Morgan fingerprint density at radius 3 is 2.16 bits per heavy atom. The van der Waals surface area contributed by atoms with Gasteiger partial charge in [0.25, 0.3) is 0 Å². The molecular formula is C10H13F3N2O2S2. The van der Waals surface area contributed by atoms with Crippen LogP contribution in [-0.2, 0) is 16.2 Å². The van der Waals surface area contributed by atoms with E-state index in [0.29, 0.717) is 6.07 Å². The van der Waals surface area contributed by atoms with Crippen molar-refractivity contribution in [2.24, 2.45) is 5.14 Å². The molecule has 0 heterocycles. The average Bonchev–Trinajstić information content (AvgIpc) is 2.16. The van der Waals surface area contributed by atoms with Crippen LogP contribution < -0.4 is 10.9 Å². The molecule has 0 aliphatic rings. The quantitative estimate of drug-likeness (QED) is 0.663. The van der Waals surface area contributed by atoms with Crippen LogP contribution in [0.5, 0.6) is 0 Å². The third-order valence-corrected chi connectivity index (χ3v) is 4.12. The number of primary sulfonamides is 1. The lowest BCUT2D eigenvalue weighted by molar-refractivity contribution is -0.139. The Labute approximate surface area is 113 Å². The Morgan fingerprint density at radius 2 is 1.79 bits per heavy atom. The fourth-order valence-corrected chi connectivity index (χ4v) is 3.14. The minimum absolute atomic E-state index is 0.155. The van der Waals surface area contributed by atoms with Gasteiger partial charge in [-0.1, -0.05) is 13.8 Å². The Morgan fingerprint density at radius 1 is 1.26 bits per heavy atom. The van der Waals surface area contributed by atoms with E-state index in [1.807, 2.05) is 0 Å². The summed E-state index contributed by atoms with van der Waals surface area (Å²) in [5.41, 5.74) is 3.86. The predicted molar refractivity (Wildman–Crippen MR) is 68.2 cm³/mol. The number of benzene rings is 1. The third kappa shape index (κ3) is 4.02. The summed E-state index contributed by atoms with van der Waals surface area (Å²) >= 11 is 0.895. The number of thioether (sulfide) groups is 1. The van der Waals surface area contributed by atoms with Crippen LogP contribution in [0.2, 0.25) is 0 Å². The van der Waals surface area contributed by atoms with Gasteiger partial charge >= 0.3 is 6.18 Å². The highest BCUT2D eigenvalue weighted by molar-refractivity contribution is 8.00. The van der Waals surface area contributed by atoms with Gasteiger partial charge in [0, 0.05) is 10.1 Å². The molecule has 0 atom stereocenters. The van der Waals surface area contributed by atoms with Crippen LogP contribution in [-0.4, -0.2) is 13.7 Å². The molecule has 0 aliphatic heterocycles. The molecule has 0 spiro atoms. The first-order valence-electron chi connectivity index (χ1n) is 5.13. The average molecular weight is 314 g/mol. The Bertz CT molecular complexity index is 583. The van der Waals surface area contributed by atoms with E-state index in [1.165, 1.54) is 0 Å². The van der Waals surface area contributed by atoms with Crippen LogP contribution >= 0.6 is 11.8 Å². The summed E-state index contributed by atoms with van der Waals surface area (Å²) < 4.78 is 61.1. The largest absolute Gasteiger partial charge is 0.417 e. The number of nitrogens with two attached hydrogens (primary N) is 2. The van der Waals surface area contributed by atoms with Gasteiger partial charge in [-0.05, 0) is 12.1 Å². The zero-order valence-electron chi connectivity index (χ0n) is 10.2. The smallest absolute Gasteiger partial charge is 0.398 e. The van der Waals surface area contributed by atoms with Gasteiger partial charge in [-0.25, -0.2) is 13.6 Å². The van der Waals surface area contributed by atoms with E-state index >= 15 is 0 Å². The number of halogens is 3. The SMILES string of the molecule is CC(C)Sc1cc(S(N)(=O)=O)c(N)cc1C(F)(F)F. The van der Waals surface area contributed by atoms with Crippen molar-refractivity contribution in [1.29, 1.82) is 0 Å². The zero-order valence-corrected chi connectivity index (χ0v) is 11.8. The molecule has 0 saturated heterocycles. The summed E-state index contributed by atoms with van der Waals surface area (Å²) in [4.78, 5) is -0.704. The molecule has 0 saturated carbocycles. The molecule has 0 amide bonds. The summed E-state index contributed by atoms with van der Waals surface area (Å²) in [7, 11) is -4.16. The van der Waals surface area contributed by atoms with Crippen molar-refractivity contribution in [2.45, 2.75) is 35.1 Å². The highest BCUT2D eigenvalue weighted by atomic mass is 32.2. The van der Waals surface area contributed by atoms with Gasteiger partial charge in [-0.2, -0.15) is 13.2 Å². The molecule has 0 fully saturated rings. The Kier molecular flexibility index (Phi) is 4.43. The topological polar surface area (TPSA) is 86.2 Å². The van der Waals surface area contributed by atoms with E-state index in [2.05, 4.69) is 0 Å². The predicted octanol–water partition coefficient (Wildman–Crippen LogP) is 2.44. The van der Waals surface area contributed by atoms with Crippen LogP contribution in [0.3, 0.4) is 0 Å². The van der Waals surface area contributed by atoms with Crippen LogP contribution in [0.4, 0.5) is 18.9 Å². The number of hydrogen-bond donors (Lipinski definition) is 2. The molecular weight excluding hydrogens is 301 g/mol. The second kappa shape index (κ2) is 5.22.